The van der Waals surface area contributed by atoms with Gasteiger partial charge in [-0.15, -0.1) is 0 Å². The van der Waals surface area contributed by atoms with Crippen molar-refractivity contribution in [2.24, 2.45) is 5.73 Å². The molecular weight excluding hydrogens is 186 g/mol. The molecule has 0 amide bonds. The topological polar surface area (TPSA) is 35.2 Å². The minimum atomic E-state index is -0.0438. The number of hydrogen-bond donors (Lipinski definition) is 1. The van der Waals surface area contributed by atoms with Crippen LogP contribution in [0.3, 0.4) is 0 Å². The van der Waals surface area contributed by atoms with Crippen molar-refractivity contribution in [3.05, 3.63) is 29.3 Å². The van der Waals surface area contributed by atoms with Crippen LogP contribution in [-0.4, -0.2) is 12.1 Å². The molecule has 15 heavy (non-hydrogen) atoms. The number of benzene rings is 1. The van der Waals surface area contributed by atoms with E-state index in [4.69, 9.17) is 10.5 Å². The van der Waals surface area contributed by atoms with Crippen molar-refractivity contribution < 1.29 is 4.74 Å². The highest BCUT2D eigenvalue weighted by molar-refractivity contribution is 5.43. The molecule has 1 aromatic carbocycles. The third-order valence-electron chi connectivity index (χ3n) is 3.07. The predicted octanol–water partition coefficient (Wildman–Crippen LogP) is 2.29. The van der Waals surface area contributed by atoms with Crippen LogP contribution in [0.1, 0.15) is 31.4 Å². The van der Waals surface area contributed by atoms with Gasteiger partial charge < -0.3 is 10.5 Å². The summed E-state index contributed by atoms with van der Waals surface area (Å²) in [7, 11) is 0. The molecule has 0 aromatic heterocycles. The van der Waals surface area contributed by atoms with Crippen LogP contribution >= 0.6 is 0 Å². The van der Waals surface area contributed by atoms with Crippen LogP contribution in [0.25, 0.3) is 0 Å². The maximum absolute atomic E-state index is 6.18. The molecule has 0 radical (unpaired) electrons. The van der Waals surface area contributed by atoms with Gasteiger partial charge in [0.15, 0.2) is 0 Å². The van der Waals surface area contributed by atoms with Crippen molar-refractivity contribution >= 4 is 0 Å². The Morgan fingerprint density at radius 1 is 1.47 bits per heavy atom. The van der Waals surface area contributed by atoms with Crippen molar-refractivity contribution in [1.29, 1.82) is 0 Å². The molecule has 0 fully saturated rings. The van der Waals surface area contributed by atoms with Crippen LogP contribution in [0.15, 0.2) is 18.2 Å². The lowest BCUT2D eigenvalue weighted by atomic mass is 9.79. The summed E-state index contributed by atoms with van der Waals surface area (Å²) in [5.41, 5.74) is 8.85. The molecule has 82 valence electrons. The summed E-state index contributed by atoms with van der Waals surface area (Å²) >= 11 is 0. The van der Waals surface area contributed by atoms with Crippen molar-refractivity contribution in [1.82, 2.24) is 0 Å². The molecule has 1 aliphatic carbocycles. The summed E-state index contributed by atoms with van der Waals surface area (Å²) in [4.78, 5) is 0. The molecule has 0 heterocycles. The normalized spacial score (nSPS) is 24.7. The molecule has 0 saturated heterocycles. The first-order valence-corrected chi connectivity index (χ1v) is 5.65. The highest BCUT2D eigenvalue weighted by Gasteiger charge is 2.27. The minimum absolute atomic E-state index is 0.0438. The molecule has 0 saturated carbocycles. The zero-order valence-corrected chi connectivity index (χ0v) is 9.55. The standard InChI is InChI=1S/C13H19NO/c1-3-15-12-6-4-5-10-9-13(2,14)8-7-11(10)12/h4-6H,3,7-9,14H2,1-2H3. The van der Waals surface area contributed by atoms with E-state index in [0.717, 1.165) is 31.6 Å². The van der Waals surface area contributed by atoms with Gasteiger partial charge >= 0.3 is 0 Å². The summed E-state index contributed by atoms with van der Waals surface area (Å²) in [5, 5.41) is 0. The Balaban J connectivity index is 2.33. The van der Waals surface area contributed by atoms with Crippen LogP contribution in [0.4, 0.5) is 0 Å². The van der Waals surface area contributed by atoms with Crippen molar-refractivity contribution in [3.8, 4) is 5.75 Å². The van der Waals surface area contributed by atoms with Crippen molar-refractivity contribution in [2.45, 2.75) is 38.6 Å². The fourth-order valence-corrected chi connectivity index (χ4v) is 2.29. The van der Waals surface area contributed by atoms with Gasteiger partial charge in [-0.2, -0.15) is 0 Å². The summed E-state index contributed by atoms with van der Waals surface area (Å²) in [5.74, 6) is 1.05. The monoisotopic (exact) mass is 205 g/mol. The minimum Gasteiger partial charge on any atom is -0.494 e. The summed E-state index contributed by atoms with van der Waals surface area (Å²) in [6, 6.07) is 6.29. The van der Waals surface area contributed by atoms with Gasteiger partial charge in [0.25, 0.3) is 0 Å². The third kappa shape index (κ3) is 2.15. The molecule has 2 rings (SSSR count). The maximum Gasteiger partial charge on any atom is 0.122 e. The van der Waals surface area contributed by atoms with Crippen LogP contribution in [0.5, 0.6) is 5.75 Å². The SMILES string of the molecule is CCOc1cccc2c1CCC(C)(N)C2. The second-order valence-electron chi connectivity index (χ2n) is 4.66. The van der Waals surface area contributed by atoms with Crippen LogP contribution in [0, 0.1) is 0 Å². The molecule has 1 unspecified atom stereocenters. The number of rotatable bonds is 2. The van der Waals surface area contributed by atoms with E-state index in [9.17, 15) is 0 Å². The fourth-order valence-electron chi connectivity index (χ4n) is 2.29. The first-order valence-electron chi connectivity index (χ1n) is 5.65. The van der Waals surface area contributed by atoms with Crippen LogP contribution < -0.4 is 10.5 Å². The Morgan fingerprint density at radius 2 is 2.27 bits per heavy atom. The molecule has 1 aromatic rings. The second-order valence-corrected chi connectivity index (χ2v) is 4.66. The van der Waals surface area contributed by atoms with E-state index in [1.165, 1.54) is 11.1 Å². The van der Waals surface area contributed by atoms with E-state index < -0.39 is 0 Å². The van der Waals surface area contributed by atoms with Gasteiger partial charge in [0.2, 0.25) is 0 Å². The molecule has 2 heteroatoms. The average molecular weight is 205 g/mol. The average Bonchev–Trinajstić information content (AvgIpc) is 2.16. The first kappa shape index (κ1) is 10.5. The molecular formula is C13H19NO. The lowest BCUT2D eigenvalue weighted by Gasteiger charge is -2.32. The number of fused-ring (bicyclic) bond motifs is 1. The van der Waals surface area contributed by atoms with E-state index in [2.05, 4.69) is 25.1 Å². The fraction of sp³-hybridized carbons (Fsp3) is 0.538. The Labute approximate surface area is 91.4 Å². The smallest absolute Gasteiger partial charge is 0.122 e. The van der Waals surface area contributed by atoms with Crippen molar-refractivity contribution in [2.75, 3.05) is 6.61 Å². The summed E-state index contributed by atoms with van der Waals surface area (Å²) < 4.78 is 5.63. The Morgan fingerprint density at radius 3 is 3.00 bits per heavy atom. The Kier molecular flexibility index (Phi) is 2.70. The van der Waals surface area contributed by atoms with Gasteiger partial charge in [-0.25, -0.2) is 0 Å². The quantitative estimate of drug-likeness (QED) is 0.804. The van der Waals surface area contributed by atoms with Crippen molar-refractivity contribution in [3.63, 3.8) is 0 Å². The summed E-state index contributed by atoms with van der Waals surface area (Å²) in [6.07, 6.45) is 3.05. The largest absolute Gasteiger partial charge is 0.494 e. The molecule has 1 aliphatic rings. The van der Waals surface area contributed by atoms with E-state index in [1.807, 2.05) is 6.92 Å². The number of ether oxygens (including phenoxy) is 1. The molecule has 2 N–H and O–H groups in total. The Bertz CT molecular complexity index is 358. The highest BCUT2D eigenvalue weighted by atomic mass is 16.5. The van der Waals surface area contributed by atoms with Gasteiger partial charge in [0.05, 0.1) is 6.61 Å². The lowest BCUT2D eigenvalue weighted by molar-refractivity contribution is 0.328. The summed E-state index contributed by atoms with van der Waals surface area (Å²) in [6.45, 7) is 4.88. The second kappa shape index (κ2) is 3.86. The molecule has 0 bridgehead atoms. The van der Waals surface area contributed by atoms with E-state index in [0.29, 0.717) is 0 Å². The molecule has 0 aliphatic heterocycles. The maximum atomic E-state index is 6.18. The molecule has 0 spiro atoms. The van der Waals surface area contributed by atoms with Gasteiger partial charge in [0, 0.05) is 5.54 Å². The van der Waals surface area contributed by atoms with E-state index in [-0.39, 0.29) is 5.54 Å². The zero-order valence-electron chi connectivity index (χ0n) is 9.55. The number of nitrogens with two attached hydrogens (primary N) is 1. The molecule has 1 atom stereocenters. The van der Waals surface area contributed by atoms with Gasteiger partial charge in [-0.05, 0) is 50.3 Å². The van der Waals surface area contributed by atoms with Crippen LogP contribution in [0.2, 0.25) is 0 Å². The predicted molar refractivity (Wildman–Crippen MR) is 62.2 cm³/mol. The van der Waals surface area contributed by atoms with E-state index in [1.54, 1.807) is 0 Å². The van der Waals surface area contributed by atoms with Gasteiger partial charge in [0.1, 0.15) is 5.75 Å². The lowest BCUT2D eigenvalue weighted by Crippen LogP contribution is -2.41. The first-order chi connectivity index (χ1) is 7.12. The molecule has 2 nitrogen and oxygen atoms in total. The van der Waals surface area contributed by atoms with Gasteiger partial charge in [-0.3, -0.25) is 0 Å². The number of hydrogen-bond acceptors (Lipinski definition) is 2. The van der Waals surface area contributed by atoms with E-state index >= 15 is 0 Å². The Hall–Kier alpha value is -1.02. The highest BCUT2D eigenvalue weighted by Crippen LogP contribution is 2.32. The van der Waals surface area contributed by atoms with Gasteiger partial charge in [-0.1, -0.05) is 12.1 Å². The zero-order chi connectivity index (χ0) is 10.9. The van der Waals surface area contributed by atoms with Crippen LogP contribution in [-0.2, 0) is 12.8 Å². The third-order valence-corrected chi connectivity index (χ3v) is 3.07.